The van der Waals surface area contributed by atoms with Crippen molar-refractivity contribution < 1.29 is 18.7 Å². The Hall–Kier alpha value is -2.43. The number of benzene rings is 1. The average molecular weight is 275 g/mol. The second kappa shape index (κ2) is 6.14. The minimum atomic E-state index is -0.484. The molecule has 1 heterocycles. The van der Waals surface area contributed by atoms with Gasteiger partial charge in [-0.1, -0.05) is 6.07 Å². The lowest BCUT2D eigenvalue weighted by atomic mass is 10.2. The van der Waals surface area contributed by atoms with Gasteiger partial charge >= 0.3 is 5.97 Å². The van der Waals surface area contributed by atoms with Crippen LogP contribution in [0.4, 0.5) is 5.69 Å². The van der Waals surface area contributed by atoms with Gasteiger partial charge in [0.05, 0.1) is 26.2 Å². The highest BCUT2D eigenvalue weighted by molar-refractivity contribution is 5.87. The number of rotatable bonds is 5. The van der Waals surface area contributed by atoms with Crippen LogP contribution >= 0.6 is 0 Å². The highest BCUT2D eigenvalue weighted by Gasteiger charge is 2.15. The van der Waals surface area contributed by atoms with E-state index < -0.39 is 5.97 Å². The van der Waals surface area contributed by atoms with Crippen LogP contribution in [0.2, 0.25) is 0 Å². The Morgan fingerprint density at radius 1 is 1.30 bits per heavy atom. The number of ether oxygens (including phenoxy) is 2. The number of carbonyl (C=O) groups excluding carboxylic acids is 1. The van der Waals surface area contributed by atoms with Gasteiger partial charge in [-0.3, -0.25) is 0 Å². The lowest BCUT2D eigenvalue weighted by molar-refractivity contribution is 0.0563. The van der Waals surface area contributed by atoms with Crippen LogP contribution < -0.4 is 10.1 Å². The Kier molecular flexibility index (Phi) is 4.30. The number of esters is 1. The Morgan fingerprint density at radius 3 is 2.80 bits per heavy atom. The zero-order valence-corrected chi connectivity index (χ0v) is 11.7. The summed E-state index contributed by atoms with van der Waals surface area (Å²) in [4.78, 5) is 11.5. The minimum Gasteiger partial charge on any atom is -0.495 e. The molecule has 2 aromatic rings. The molecule has 0 fully saturated rings. The molecule has 0 bridgehead atoms. The molecule has 106 valence electrons. The molecule has 0 unspecified atom stereocenters. The van der Waals surface area contributed by atoms with Crippen molar-refractivity contribution in [3.63, 3.8) is 0 Å². The summed E-state index contributed by atoms with van der Waals surface area (Å²) >= 11 is 0. The van der Waals surface area contributed by atoms with Crippen molar-refractivity contribution in [3.05, 3.63) is 47.4 Å². The maximum atomic E-state index is 11.5. The molecular weight excluding hydrogens is 258 g/mol. The van der Waals surface area contributed by atoms with Crippen molar-refractivity contribution in [1.82, 2.24) is 0 Å². The fourth-order valence-electron chi connectivity index (χ4n) is 1.88. The third kappa shape index (κ3) is 2.93. The summed E-state index contributed by atoms with van der Waals surface area (Å²) in [7, 11) is 2.95. The number of carbonyl (C=O) groups is 1. The van der Waals surface area contributed by atoms with Crippen LogP contribution in [0.1, 0.15) is 21.7 Å². The number of aryl methyl sites for hydroxylation is 1. The highest BCUT2D eigenvalue weighted by atomic mass is 16.5. The van der Waals surface area contributed by atoms with Gasteiger partial charge in [-0.2, -0.15) is 0 Å². The fraction of sp³-hybridized carbons (Fsp3) is 0.267. The van der Waals surface area contributed by atoms with Crippen LogP contribution in [0, 0.1) is 6.92 Å². The fourth-order valence-corrected chi connectivity index (χ4v) is 1.88. The van der Waals surface area contributed by atoms with Crippen molar-refractivity contribution in [3.8, 4) is 5.75 Å². The predicted molar refractivity (Wildman–Crippen MR) is 75.1 cm³/mol. The quantitative estimate of drug-likeness (QED) is 0.850. The van der Waals surface area contributed by atoms with Crippen molar-refractivity contribution in [1.29, 1.82) is 0 Å². The van der Waals surface area contributed by atoms with Gasteiger partial charge in [0, 0.05) is 12.1 Å². The Balaban J connectivity index is 2.13. The zero-order chi connectivity index (χ0) is 14.5. The molecule has 0 aliphatic carbocycles. The van der Waals surface area contributed by atoms with E-state index in [0.29, 0.717) is 6.54 Å². The van der Waals surface area contributed by atoms with Gasteiger partial charge in [-0.15, -0.1) is 0 Å². The van der Waals surface area contributed by atoms with E-state index in [1.807, 2.05) is 25.1 Å². The molecule has 0 saturated heterocycles. The third-order valence-corrected chi connectivity index (χ3v) is 2.94. The standard InChI is InChI=1S/C15H17NO4/c1-10-4-5-12(13(8-10)18-2)16-9-11-6-7-20-14(11)15(17)19-3/h4-8,16H,9H2,1-3H3. The summed E-state index contributed by atoms with van der Waals surface area (Å²) < 4.78 is 15.1. The molecule has 0 amide bonds. The molecule has 2 rings (SSSR count). The van der Waals surface area contributed by atoms with Gasteiger partial charge in [-0.25, -0.2) is 4.79 Å². The van der Waals surface area contributed by atoms with Crippen molar-refractivity contribution in [2.24, 2.45) is 0 Å². The summed E-state index contributed by atoms with van der Waals surface area (Å²) in [6.07, 6.45) is 1.47. The van der Waals surface area contributed by atoms with Crippen LogP contribution in [0.25, 0.3) is 0 Å². The first kappa shape index (κ1) is 14.0. The first-order chi connectivity index (χ1) is 9.65. The normalized spacial score (nSPS) is 10.2. The van der Waals surface area contributed by atoms with Crippen LogP contribution in [0.5, 0.6) is 5.75 Å². The molecule has 1 aromatic carbocycles. The molecule has 1 aromatic heterocycles. The number of furan rings is 1. The molecule has 0 aliphatic heterocycles. The molecule has 0 aliphatic rings. The van der Waals surface area contributed by atoms with Gasteiger partial charge in [0.15, 0.2) is 0 Å². The van der Waals surface area contributed by atoms with Crippen LogP contribution in [-0.4, -0.2) is 20.2 Å². The smallest absolute Gasteiger partial charge is 0.374 e. The minimum absolute atomic E-state index is 0.214. The molecule has 5 nitrogen and oxygen atoms in total. The van der Waals surface area contributed by atoms with E-state index in [1.54, 1.807) is 13.2 Å². The number of methoxy groups -OCH3 is 2. The summed E-state index contributed by atoms with van der Waals surface area (Å²) in [5.74, 6) is 0.488. The third-order valence-electron chi connectivity index (χ3n) is 2.94. The van der Waals surface area contributed by atoms with E-state index in [4.69, 9.17) is 9.15 Å². The Labute approximate surface area is 117 Å². The van der Waals surface area contributed by atoms with Crippen LogP contribution in [0.15, 0.2) is 34.9 Å². The average Bonchev–Trinajstić information content (AvgIpc) is 2.93. The highest BCUT2D eigenvalue weighted by Crippen LogP contribution is 2.26. The van der Waals surface area contributed by atoms with Gasteiger partial charge in [-0.05, 0) is 30.7 Å². The first-order valence-corrected chi connectivity index (χ1v) is 6.19. The van der Waals surface area contributed by atoms with Gasteiger partial charge in [0.25, 0.3) is 0 Å². The number of hydrogen-bond donors (Lipinski definition) is 1. The maximum absolute atomic E-state index is 11.5. The molecule has 0 spiro atoms. The Morgan fingerprint density at radius 2 is 2.10 bits per heavy atom. The predicted octanol–water partition coefficient (Wildman–Crippen LogP) is 3.00. The molecule has 1 N–H and O–H groups in total. The number of anilines is 1. The van der Waals surface area contributed by atoms with Crippen LogP contribution in [0.3, 0.4) is 0 Å². The van der Waals surface area contributed by atoms with Crippen molar-refractivity contribution in [2.75, 3.05) is 19.5 Å². The second-order valence-electron chi connectivity index (χ2n) is 4.32. The van der Waals surface area contributed by atoms with E-state index in [0.717, 1.165) is 22.6 Å². The van der Waals surface area contributed by atoms with Crippen LogP contribution in [-0.2, 0) is 11.3 Å². The SMILES string of the molecule is COC(=O)c1occc1CNc1ccc(C)cc1OC. The molecule has 0 saturated carbocycles. The topological polar surface area (TPSA) is 60.7 Å². The van der Waals surface area contributed by atoms with Gasteiger partial charge in [0.2, 0.25) is 5.76 Å². The summed E-state index contributed by atoms with van der Waals surface area (Å²) in [5.41, 5.74) is 2.71. The number of hydrogen-bond acceptors (Lipinski definition) is 5. The lowest BCUT2D eigenvalue weighted by Crippen LogP contribution is -2.07. The van der Waals surface area contributed by atoms with Crippen molar-refractivity contribution >= 4 is 11.7 Å². The van der Waals surface area contributed by atoms with E-state index in [2.05, 4.69) is 10.1 Å². The largest absolute Gasteiger partial charge is 0.495 e. The Bertz CT molecular complexity index is 604. The van der Waals surface area contributed by atoms with E-state index in [-0.39, 0.29) is 5.76 Å². The van der Waals surface area contributed by atoms with E-state index in [9.17, 15) is 4.79 Å². The molecular formula is C15H17NO4. The second-order valence-corrected chi connectivity index (χ2v) is 4.32. The lowest BCUT2D eigenvalue weighted by Gasteiger charge is -2.11. The molecule has 5 heteroatoms. The maximum Gasteiger partial charge on any atom is 0.374 e. The van der Waals surface area contributed by atoms with Gasteiger partial charge < -0.3 is 19.2 Å². The summed E-state index contributed by atoms with van der Waals surface area (Å²) in [6, 6.07) is 7.60. The van der Waals surface area contributed by atoms with E-state index >= 15 is 0 Å². The first-order valence-electron chi connectivity index (χ1n) is 6.19. The number of nitrogens with one attached hydrogen (secondary N) is 1. The molecule has 0 atom stereocenters. The van der Waals surface area contributed by atoms with Gasteiger partial charge in [0.1, 0.15) is 5.75 Å². The monoisotopic (exact) mass is 275 g/mol. The zero-order valence-electron chi connectivity index (χ0n) is 11.7. The summed E-state index contributed by atoms with van der Waals surface area (Å²) in [6.45, 7) is 2.44. The van der Waals surface area contributed by atoms with E-state index in [1.165, 1.54) is 13.4 Å². The van der Waals surface area contributed by atoms with Crippen molar-refractivity contribution in [2.45, 2.75) is 13.5 Å². The molecule has 20 heavy (non-hydrogen) atoms. The summed E-state index contributed by atoms with van der Waals surface area (Å²) in [5, 5.41) is 3.22. The molecule has 0 radical (unpaired) electrons.